The monoisotopic (exact) mass is 997 g/mol. The molecular weight excluding hydrogens is 939 g/mol. The Kier molecular flexibility index (Phi) is 13.7. The second kappa shape index (κ2) is 19.8. The van der Waals surface area contributed by atoms with Gasteiger partial charge in [-0.25, -0.2) is 4.98 Å². The Morgan fingerprint density at radius 1 is 0.930 bits per heavy atom. The highest BCUT2D eigenvalue weighted by Crippen LogP contribution is 2.40. The number of ether oxygens (including phenoxy) is 1. The van der Waals surface area contributed by atoms with Crippen LogP contribution in [-0.2, 0) is 32.1 Å². The normalized spacial score (nSPS) is 18.4. The van der Waals surface area contributed by atoms with Crippen LogP contribution in [0.25, 0.3) is 15.4 Å². The van der Waals surface area contributed by atoms with Gasteiger partial charge in [0.15, 0.2) is 12.4 Å². The summed E-state index contributed by atoms with van der Waals surface area (Å²) in [4.78, 5) is 69.1. The van der Waals surface area contributed by atoms with Gasteiger partial charge in [0.05, 0.1) is 40.4 Å². The Balaban J connectivity index is 0.837. The van der Waals surface area contributed by atoms with Gasteiger partial charge < -0.3 is 35.4 Å². The molecule has 0 aliphatic carbocycles. The fourth-order valence-electron chi connectivity index (χ4n) is 9.73. The molecule has 0 unspecified atom stereocenters. The highest BCUT2D eigenvalue weighted by Gasteiger charge is 2.45. The van der Waals surface area contributed by atoms with Gasteiger partial charge in [-0.05, 0) is 98.5 Å². The van der Waals surface area contributed by atoms with Gasteiger partial charge in [-0.15, -0.1) is 32.9 Å². The maximum absolute atomic E-state index is 14.3. The molecule has 1 saturated heterocycles. The lowest BCUT2D eigenvalue weighted by Gasteiger charge is -2.35. The number of hydrogen-bond acceptors (Lipinski definition) is 13. The number of carboxylic acids is 1. The Morgan fingerprint density at radius 2 is 1.66 bits per heavy atom. The first kappa shape index (κ1) is 49.2. The Morgan fingerprint density at radius 3 is 2.35 bits per heavy atom. The number of amides is 3. The fraction of sp³-hybridized carbons (Fsp3) is 0.396. The van der Waals surface area contributed by atoms with Crippen molar-refractivity contribution in [3.8, 4) is 21.2 Å². The van der Waals surface area contributed by atoms with Crippen molar-refractivity contribution in [1.82, 2.24) is 35.3 Å². The lowest BCUT2D eigenvalue weighted by atomic mass is 9.85. The number of likely N-dealkylation sites (tertiary alicyclic amines) is 1. The number of anilines is 1. The number of nitrogens with zero attached hydrogens (tertiary/aromatic N) is 7. The van der Waals surface area contributed by atoms with Crippen molar-refractivity contribution < 1.29 is 34.1 Å². The number of β-amino-alcohol motifs (C(OH)–C–C–N with tert-alkyl or cyclic N) is 1. The lowest BCUT2D eigenvalue weighted by molar-refractivity contribution is -0.144. The van der Waals surface area contributed by atoms with Crippen molar-refractivity contribution in [2.75, 3.05) is 24.6 Å². The van der Waals surface area contributed by atoms with Crippen molar-refractivity contribution in [1.29, 1.82) is 0 Å². The van der Waals surface area contributed by atoms with Crippen molar-refractivity contribution in [2.24, 2.45) is 10.4 Å². The number of aryl methyl sites for hydroxylation is 3. The molecule has 370 valence electrons. The van der Waals surface area contributed by atoms with Gasteiger partial charge in [-0.3, -0.25) is 28.7 Å². The SMILES string of the molecule is Cc1ncsc1-c1ccc([C@H](C)NC(=O)[C@@H]2C[C@@H](O)CN2C(=O)[C@@H](NC(=O)COc2ccc3c(c2)CN(c2ccc(C4=N[C@@H](CC(=O)O)c5nnc(C)n5-c5sc(C)c(C)c54)cc2)CC3)C(C)(C)C)cc1. The number of hydrogen-bond donors (Lipinski definition) is 4. The smallest absolute Gasteiger partial charge is 0.306 e. The predicted molar refractivity (Wildman–Crippen MR) is 274 cm³/mol. The Hall–Kier alpha value is -6.76. The molecule has 6 heterocycles. The zero-order valence-electron chi connectivity index (χ0n) is 41.1. The summed E-state index contributed by atoms with van der Waals surface area (Å²) < 4.78 is 8.01. The highest BCUT2D eigenvalue weighted by atomic mass is 32.1. The first-order chi connectivity index (χ1) is 33.8. The maximum Gasteiger partial charge on any atom is 0.306 e. The third-order valence-corrected chi connectivity index (χ3v) is 15.9. The van der Waals surface area contributed by atoms with Gasteiger partial charge in [0.25, 0.3) is 5.91 Å². The summed E-state index contributed by atoms with van der Waals surface area (Å²) in [7, 11) is 0. The number of thiophene rings is 1. The topological polar surface area (TPSA) is 204 Å². The summed E-state index contributed by atoms with van der Waals surface area (Å²) in [5.74, 6) is -0.578. The van der Waals surface area contributed by atoms with Gasteiger partial charge in [-0.1, -0.05) is 63.2 Å². The molecule has 0 radical (unpaired) electrons. The quantitative estimate of drug-likeness (QED) is 0.0900. The van der Waals surface area contributed by atoms with Crippen molar-refractivity contribution >= 4 is 57.8 Å². The minimum Gasteiger partial charge on any atom is -0.484 e. The average molecular weight is 998 g/mol. The molecule has 18 heteroatoms. The number of nitrogens with one attached hydrogen (secondary N) is 2. The predicted octanol–water partition coefficient (Wildman–Crippen LogP) is 7.36. The van der Waals surface area contributed by atoms with E-state index >= 15 is 0 Å². The third-order valence-electron chi connectivity index (χ3n) is 13.7. The minimum atomic E-state index is -1.01. The number of aliphatic hydroxyl groups is 1. The van der Waals surface area contributed by atoms with E-state index < -0.39 is 47.4 Å². The first-order valence-corrected chi connectivity index (χ1v) is 25.5. The van der Waals surface area contributed by atoms with Crippen LogP contribution in [0.3, 0.4) is 0 Å². The molecule has 0 saturated carbocycles. The molecule has 3 aliphatic heterocycles. The molecule has 71 heavy (non-hydrogen) atoms. The zero-order chi connectivity index (χ0) is 50.5. The van der Waals surface area contributed by atoms with Crippen molar-refractivity contribution in [3.63, 3.8) is 0 Å². The summed E-state index contributed by atoms with van der Waals surface area (Å²) in [5.41, 5.74) is 10.9. The van der Waals surface area contributed by atoms with Gasteiger partial charge in [0, 0.05) is 47.7 Å². The molecule has 3 amide bonds. The van der Waals surface area contributed by atoms with Crippen LogP contribution in [0.2, 0.25) is 0 Å². The molecular formula is C53H59N9O7S2. The zero-order valence-corrected chi connectivity index (χ0v) is 42.8. The van der Waals surface area contributed by atoms with E-state index in [0.717, 1.165) is 78.2 Å². The highest BCUT2D eigenvalue weighted by molar-refractivity contribution is 7.15. The number of thiazole rings is 1. The summed E-state index contributed by atoms with van der Waals surface area (Å²) in [5, 5.41) is 36.2. The van der Waals surface area contributed by atoms with Gasteiger partial charge in [0.2, 0.25) is 11.8 Å². The molecule has 16 nitrogen and oxygen atoms in total. The minimum absolute atomic E-state index is 0.0334. The summed E-state index contributed by atoms with van der Waals surface area (Å²) in [6.45, 7) is 16.4. The van der Waals surface area contributed by atoms with Crippen LogP contribution in [0, 0.1) is 33.1 Å². The van der Waals surface area contributed by atoms with E-state index in [9.17, 15) is 29.4 Å². The number of benzene rings is 3. The maximum atomic E-state index is 14.3. The first-order valence-electron chi connectivity index (χ1n) is 23.9. The number of carbonyl (C=O) groups excluding carboxylic acids is 3. The third kappa shape index (κ3) is 10.1. The van der Waals surface area contributed by atoms with E-state index in [-0.39, 0.29) is 37.9 Å². The second-order valence-electron chi connectivity index (χ2n) is 19.8. The van der Waals surface area contributed by atoms with E-state index in [2.05, 4.69) is 56.7 Å². The largest absolute Gasteiger partial charge is 0.484 e. The molecule has 3 aromatic heterocycles. The van der Waals surface area contributed by atoms with Crippen molar-refractivity contribution in [3.05, 3.63) is 128 Å². The molecule has 3 aliphatic rings. The molecule has 9 rings (SSSR count). The molecule has 3 aromatic carbocycles. The summed E-state index contributed by atoms with van der Waals surface area (Å²) >= 11 is 3.20. The van der Waals surface area contributed by atoms with E-state index in [1.165, 1.54) is 10.5 Å². The molecule has 4 N–H and O–H groups in total. The molecule has 5 atom stereocenters. The van der Waals surface area contributed by atoms with Crippen LogP contribution in [0.15, 0.2) is 77.2 Å². The summed E-state index contributed by atoms with van der Waals surface area (Å²) in [6, 6.07) is 19.0. The number of rotatable bonds is 13. The summed E-state index contributed by atoms with van der Waals surface area (Å²) in [6.07, 6.45) is -0.231. The Bertz CT molecular complexity index is 3040. The molecule has 1 fully saturated rings. The van der Waals surface area contributed by atoms with Crippen LogP contribution in [0.4, 0.5) is 5.69 Å². The second-order valence-corrected chi connectivity index (χ2v) is 21.9. The molecule has 6 aromatic rings. The van der Waals surface area contributed by atoms with Crippen LogP contribution in [-0.4, -0.2) is 102 Å². The number of carbonyl (C=O) groups is 4. The van der Waals surface area contributed by atoms with Gasteiger partial charge in [0.1, 0.15) is 34.7 Å². The molecule has 0 spiro atoms. The van der Waals surface area contributed by atoms with Crippen LogP contribution in [0.1, 0.15) is 108 Å². The van der Waals surface area contributed by atoms with Crippen LogP contribution in [0.5, 0.6) is 5.75 Å². The number of aliphatic imine (C=N–C) groups is 1. The number of aromatic nitrogens is 4. The van der Waals surface area contributed by atoms with Crippen molar-refractivity contribution in [2.45, 2.75) is 111 Å². The van der Waals surface area contributed by atoms with Crippen LogP contribution >= 0.6 is 22.7 Å². The number of carboxylic acid groups (broad SMARTS) is 1. The standard InChI is InChI=1S/C53H59N9O7S2/c1-28-31(4)71-52-45(28)46(56-41(23-44(65)66)49-59-58-32(5)62(49)52)35-13-16-38(17-14-35)60-20-19-34-15-18-40(21-37(34)24-60)69-26-43(64)57-48(53(6,7)8)51(68)61-25-39(63)22-42(61)50(67)55-29(2)33-9-11-36(12-10-33)47-30(3)54-27-70-47/h9-18,21,27,29,39,41-42,48,63H,19-20,22-26H2,1-8H3,(H,55,67)(H,57,64)(H,65,66)/t29-,39+,41-,42-,48+/m0/s1. The van der Waals surface area contributed by atoms with Gasteiger partial charge >= 0.3 is 5.97 Å². The van der Waals surface area contributed by atoms with E-state index in [1.54, 1.807) is 22.7 Å². The van der Waals surface area contributed by atoms with E-state index in [4.69, 9.17) is 9.73 Å². The number of aliphatic carboxylic acids is 1. The average Bonchev–Trinajstić information content (AvgIpc) is 4.11. The fourth-order valence-corrected chi connectivity index (χ4v) is 11.8. The lowest BCUT2D eigenvalue weighted by Crippen LogP contribution is -2.58. The van der Waals surface area contributed by atoms with Crippen LogP contribution < -0.4 is 20.3 Å². The number of aliphatic hydroxyl groups excluding tert-OH is 1. The van der Waals surface area contributed by atoms with E-state index in [0.29, 0.717) is 23.9 Å². The number of fused-ring (bicyclic) bond motifs is 4. The Labute approximate surface area is 420 Å². The van der Waals surface area contributed by atoms with Gasteiger partial charge in [-0.2, -0.15) is 0 Å². The molecule has 0 bridgehead atoms. The van der Waals surface area contributed by atoms with E-state index in [1.807, 2.05) is 106 Å².